The molecule has 0 saturated heterocycles. The summed E-state index contributed by atoms with van der Waals surface area (Å²) in [5.74, 6) is 5.08. The quantitative estimate of drug-likeness (QED) is 0.411. The molecule has 30 heavy (non-hydrogen) atoms. The summed E-state index contributed by atoms with van der Waals surface area (Å²) in [6.07, 6.45) is 9.34. The van der Waals surface area contributed by atoms with Crippen molar-refractivity contribution in [2.75, 3.05) is 5.32 Å². The average Bonchev–Trinajstić information content (AvgIpc) is 3.15. The van der Waals surface area contributed by atoms with Crippen LogP contribution in [0.4, 0.5) is 18.9 Å². The van der Waals surface area contributed by atoms with Crippen molar-refractivity contribution in [3.8, 4) is 0 Å². The van der Waals surface area contributed by atoms with E-state index in [9.17, 15) is 18.0 Å². The van der Waals surface area contributed by atoms with E-state index in [4.69, 9.17) is 5.84 Å². The minimum atomic E-state index is -4.30. The molecule has 3 N–H and O–H groups in total. The van der Waals surface area contributed by atoms with Crippen molar-refractivity contribution in [3.05, 3.63) is 59.5 Å². The number of aryl methyl sites for hydroxylation is 1. The molecule has 6 nitrogen and oxygen atoms in total. The number of aromatic nitrogens is 2. The van der Waals surface area contributed by atoms with Gasteiger partial charge < -0.3 is 11.2 Å². The highest BCUT2D eigenvalue weighted by Gasteiger charge is 2.32. The number of halogens is 3. The molecule has 0 bridgehead atoms. The number of hydrogen-bond donors (Lipinski definition) is 2. The lowest BCUT2D eigenvalue weighted by atomic mass is 9.94. The van der Waals surface area contributed by atoms with E-state index in [0.717, 1.165) is 23.6 Å². The van der Waals surface area contributed by atoms with Crippen molar-refractivity contribution >= 4 is 17.3 Å². The molecule has 0 aliphatic heterocycles. The van der Waals surface area contributed by atoms with Crippen LogP contribution in [0.15, 0.2) is 64.6 Å². The Kier molecular flexibility index (Phi) is 6.59. The van der Waals surface area contributed by atoms with E-state index >= 15 is 0 Å². The summed E-state index contributed by atoms with van der Waals surface area (Å²) in [7, 11) is 0. The number of anilines is 1. The molecule has 0 saturated carbocycles. The number of hydrazone groups is 1. The second-order valence-electron chi connectivity index (χ2n) is 7.33. The summed E-state index contributed by atoms with van der Waals surface area (Å²) in [4.78, 5) is 12.6. The molecule has 1 amide bonds. The summed E-state index contributed by atoms with van der Waals surface area (Å²) in [6.45, 7) is 2.43. The first-order valence-corrected chi connectivity index (χ1v) is 9.72. The molecule has 1 atom stereocenters. The number of amides is 1. The normalized spacial score (nSPS) is 19.8. The molecule has 0 fully saturated rings. The van der Waals surface area contributed by atoms with E-state index in [2.05, 4.69) is 15.5 Å². The Morgan fingerprint density at radius 1 is 1.40 bits per heavy atom. The monoisotopic (exact) mass is 419 g/mol. The van der Waals surface area contributed by atoms with Gasteiger partial charge >= 0.3 is 6.18 Å². The smallest absolute Gasteiger partial charge is 0.323 e. The van der Waals surface area contributed by atoms with E-state index in [0.29, 0.717) is 31.5 Å². The number of nitrogens with two attached hydrogens (primary N) is 1. The predicted molar refractivity (Wildman–Crippen MR) is 110 cm³/mol. The molecule has 3 rings (SSSR count). The van der Waals surface area contributed by atoms with Crippen LogP contribution in [0.5, 0.6) is 0 Å². The van der Waals surface area contributed by atoms with E-state index in [-0.39, 0.29) is 11.6 Å². The molecule has 0 radical (unpaired) electrons. The Morgan fingerprint density at radius 2 is 2.20 bits per heavy atom. The fourth-order valence-corrected chi connectivity index (χ4v) is 3.49. The summed E-state index contributed by atoms with van der Waals surface area (Å²) < 4.78 is 39.6. The van der Waals surface area contributed by atoms with Crippen LogP contribution in [0.3, 0.4) is 0 Å². The van der Waals surface area contributed by atoms with Crippen molar-refractivity contribution in [3.63, 3.8) is 0 Å². The summed E-state index contributed by atoms with van der Waals surface area (Å²) in [5, 5.41) is 10.6. The molecule has 0 spiro atoms. The zero-order valence-corrected chi connectivity index (χ0v) is 16.6. The van der Waals surface area contributed by atoms with Crippen LogP contribution in [-0.4, -0.2) is 27.6 Å². The lowest BCUT2D eigenvalue weighted by Crippen LogP contribution is -2.27. The van der Waals surface area contributed by atoms with Crippen LogP contribution >= 0.6 is 0 Å². The molecule has 0 aromatic carbocycles. The summed E-state index contributed by atoms with van der Waals surface area (Å²) >= 11 is 0. The van der Waals surface area contributed by atoms with Crippen molar-refractivity contribution < 1.29 is 18.0 Å². The second kappa shape index (κ2) is 9.15. The number of hydrogen-bond acceptors (Lipinski definition) is 4. The van der Waals surface area contributed by atoms with Crippen molar-refractivity contribution in [1.82, 2.24) is 9.78 Å². The van der Waals surface area contributed by atoms with E-state index < -0.39 is 17.7 Å². The Balaban J connectivity index is 1.54. The molecule has 1 unspecified atom stereocenters. The first-order valence-electron chi connectivity index (χ1n) is 9.72. The third-order valence-corrected chi connectivity index (χ3v) is 5.17. The van der Waals surface area contributed by atoms with Gasteiger partial charge in [-0.3, -0.25) is 9.48 Å². The number of alkyl halides is 3. The molecule has 9 heteroatoms. The fraction of sp³-hybridized carbons (Fsp3) is 0.381. The van der Waals surface area contributed by atoms with Crippen LogP contribution in [0.2, 0.25) is 0 Å². The number of nitrogens with one attached hydrogen (secondary N) is 1. The molecule has 1 aromatic heterocycles. The highest BCUT2D eigenvalue weighted by molar-refractivity contribution is 6.49. The van der Waals surface area contributed by atoms with Gasteiger partial charge in [-0.2, -0.15) is 23.4 Å². The van der Waals surface area contributed by atoms with Crippen LogP contribution in [0, 0.1) is 5.92 Å². The lowest BCUT2D eigenvalue weighted by Gasteiger charge is -2.17. The maximum absolute atomic E-state index is 12.7. The van der Waals surface area contributed by atoms with E-state index in [1.54, 1.807) is 17.0 Å². The van der Waals surface area contributed by atoms with Crippen molar-refractivity contribution in [2.24, 2.45) is 16.9 Å². The Bertz CT molecular complexity index is 950. The molecule has 160 valence electrons. The second-order valence-corrected chi connectivity index (χ2v) is 7.33. The standard InChI is InChI=1S/C21H24F3N5O/c1-14-4-2-3-5-18(14)19(28-25)20(30)27-17-12-26-29(13-17)11-10-15-6-8-16(9-7-15)21(22,23)24/h2,4,6,8-9,12-13,15H,3,5,7,10-11,25H2,1H3,(H,27,30)/b28-19+. The molecule has 2 aliphatic carbocycles. The van der Waals surface area contributed by atoms with Crippen LogP contribution in [0.25, 0.3) is 0 Å². The number of rotatable bonds is 6. The third kappa shape index (κ3) is 5.28. The molecular weight excluding hydrogens is 395 g/mol. The maximum atomic E-state index is 12.7. The van der Waals surface area contributed by atoms with Gasteiger partial charge in [-0.1, -0.05) is 30.4 Å². The predicted octanol–water partition coefficient (Wildman–Crippen LogP) is 4.26. The van der Waals surface area contributed by atoms with Crippen LogP contribution in [0.1, 0.15) is 32.6 Å². The van der Waals surface area contributed by atoms with Gasteiger partial charge in [0.25, 0.3) is 5.91 Å². The van der Waals surface area contributed by atoms with Gasteiger partial charge in [0.1, 0.15) is 0 Å². The highest BCUT2D eigenvalue weighted by Crippen LogP contribution is 2.31. The van der Waals surface area contributed by atoms with Gasteiger partial charge in [0.15, 0.2) is 5.71 Å². The Morgan fingerprint density at radius 3 is 2.83 bits per heavy atom. The fourth-order valence-electron chi connectivity index (χ4n) is 3.49. The largest absolute Gasteiger partial charge is 0.416 e. The first kappa shape index (κ1) is 21.6. The molecular formula is C21H24F3N5O. The summed E-state index contributed by atoms with van der Waals surface area (Å²) in [6, 6.07) is 0. The minimum Gasteiger partial charge on any atom is -0.323 e. The van der Waals surface area contributed by atoms with Crippen LogP contribution < -0.4 is 11.2 Å². The van der Waals surface area contributed by atoms with Crippen LogP contribution in [-0.2, 0) is 11.3 Å². The van der Waals surface area contributed by atoms with Gasteiger partial charge in [-0.25, -0.2) is 0 Å². The van der Waals surface area contributed by atoms with Gasteiger partial charge in [0.05, 0.1) is 17.5 Å². The van der Waals surface area contributed by atoms with Gasteiger partial charge in [-0.15, -0.1) is 0 Å². The van der Waals surface area contributed by atoms with E-state index in [1.807, 2.05) is 19.1 Å². The molecule has 2 aliphatic rings. The van der Waals surface area contributed by atoms with Gasteiger partial charge in [-0.05, 0) is 49.7 Å². The number of carbonyl (C=O) groups is 1. The molecule has 1 aromatic rings. The minimum absolute atomic E-state index is 0.0172. The van der Waals surface area contributed by atoms with E-state index in [1.165, 1.54) is 12.3 Å². The Labute approximate surface area is 172 Å². The first-order chi connectivity index (χ1) is 14.3. The van der Waals surface area contributed by atoms with Gasteiger partial charge in [0.2, 0.25) is 0 Å². The zero-order chi connectivity index (χ0) is 21.7. The topological polar surface area (TPSA) is 85.3 Å². The summed E-state index contributed by atoms with van der Waals surface area (Å²) in [5.41, 5.74) is 1.88. The number of nitrogens with zero attached hydrogens (tertiary/aromatic N) is 3. The molecule has 1 heterocycles. The number of allylic oxidation sites excluding steroid dienone is 7. The van der Waals surface area contributed by atoms with Crippen molar-refractivity contribution in [1.29, 1.82) is 0 Å². The number of carbonyl (C=O) groups excluding carboxylic acids is 1. The third-order valence-electron chi connectivity index (χ3n) is 5.17. The zero-order valence-electron chi connectivity index (χ0n) is 16.6. The Hall–Kier alpha value is -3.10. The maximum Gasteiger partial charge on any atom is 0.416 e. The van der Waals surface area contributed by atoms with Gasteiger partial charge in [0, 0.05) is 12.7 Å². The average molecular weight is 419 g/mol. The highest BCUT2D eigenvalue weighted by atomic mass is 19.4. The SMILES string of the molecule is CC1=C(/C(=N\N)C(=O)Nc2cnn(CCC3C=CC(C(F)(F)F)=CC3)c2)CCC=C1. The van der Waals surface area contributed by atoms with Crippen molar-refractivity contribution in [2.45, 2.75) is 45.3 Å². The lowest BCUT2D eigenvalue weighted by molar-refractivity contribution is -0.110.